The van der Waals surface area contributed by atoms with Crippen LogP contribution in [-0.2, 0) is 7.05 Å². The van der Waals surface area contributed by atoms with E-state index in [4.69, 9.17) is 0 Å². The van der Waals surface area contributed by atoms with Crippen LogP contribution < -0.4 is 5.32 Å². The number of aliphatic hydroxyl groups excluding tert-OH is 1. The lowest BCUT2D eigenvalue weighted by molar-refractivity contribution is 0.0925. The minimum absolute atomic E-state index is 0.223. The summed E-state index contributed by atoms with van der Waals surface area (Å²) in [6, 6.07) is 1.72. The minimum atomic E-state index is -0.568. The van der Waals surface area contributed by atoms with E-state index in [9.17, 15) is 9.90 Å². The molecule has 1 atom stereocenters. The molecule has 2 heterocycles. The second-order valence-corrected chi connectivity index (χ2v) is 4.38. The summed E-state index contributed by atoms with van der Waals surface area (Å²) in [6.07, 6.45) is 1.06. The summed E-state index contributed by atoms with van der Waals surface area (Å²) < 4.78 is 1.63. The van der Waals surface area contributed by atoms with Crippen LogP contribution in [0.5, 0.6) is 0 Å². The van der Waals surface area contributed by atoms with Crippen LogP contribution in [0, 0.1) is 6.92 Å². The highest BCUT2D eigenvalue weighted by Crippen LogP contribution is 2.17. The fourth-order valence-corrected chi connectivity index (χ4v) is 1.76. The summed E-state index contributed by atoms with van der Waals surface area (Å²) in [5.74, 6) is -0.223. The summed E-state index contributed by atoms with van der Waals surface area (Å²) >= 11 is 0. The molecular formula is C12H16N4O2. The Hall–Kier alpha value is -1.95. The number of aliphatic hydroxyl groups is 1. The number of fused-ring (bicyclic) bond motifs is 1. The number of nitrogens with zero attached hydrogens (tertiary/aromatic N) is 3. The number of nitrogens with one attached hydrogen (secondary N) is 1. The molecule has 1 unspecified atom stereocenters. The SMILES string of the molecule is Cc1cc(C(=O)NCC(C)O)c2cnn(C)c2n1. The average Bonchev–Trinajstić information content (AvgIpc) is 2.67. The average molecular weight is 248 g/mol. The number of amides is 1. The Labute approximate surface area is 105 Å². The van der Waals surface area contributed by atoms with Crippen molar-refractivity contribution in [2.24, 2.45) is 7.05 Å². The fraction of sp³-hybridized carbons (Fsp3) is 0.417. The smallest absolute Gasteiger partial charge is 0.252 e. The minimum Gasteiger partial charge on any atom is -0.392 e. The van der Waals surface area contributed by atoms with Crippen LogP contribution in [0.15, 0.2) is 12.3 Å². The first kappa shape index (κ1) is 12.5. The lowest BCUT2D eigenvalue weighted by Gasteiger charge is -2.08. The highest BCUT2D eigenvalue weighted by Gasteiger charge is 2.14. The van der Waals surface area contributed by atoms with E-state index >= 15 is 0 Å². The van der Waals surface area contributed by atoms with Gasteiger partial charge in [-0.25, -0.2) is 4.98 Å². The third-order valence-electron chi connectivity index (χ3n) is 2.64. The number of aryl methyl sites for hydroxylation is 2. The molecule has 0 aromatic carbocycles. The highest BCUT2D eigenvalue weighted by molar-refractivity contribution is 6.05. The normalized spacial score (nSPS) is 12.7. The second kappa shape index (κ2) is 4.73. The van der Waals surface area contributed by atoms with Crippen molar-refractivity contribution < 1.29 is 9.90 Å². The van der Waals surface area contributed by atoms with Crippen LogP contribution in [0.2, 0.25) is 0 Å². The van der Waals surface area contributed by atoms with Crippen molar-refractivity contribution in [2.75, 3.05) is 6.54 Å². The number of pyridine rings is 1. The molecule has 2 aromatic heterocycles. The molecule has 2 aromatic rings. The molecule has 18 heavy (non-hydrogen) atoms. The maximum atomic E-state index is 12.0. The maximum Gasteiger partial charge on any atom is 0.252 e. The van der Waals surface area contributed by atoms with Gasteiger partial charge in [0.05, 0.1) is 23.3 Å². The Morgan fingerprint density at radius 1 is 1.61 bits per heavy atom. The molecule has 0 saturated carbocycles. The molecule has 0 aliphatic rings. The monoisotopic (exact) mass is 248 g/mol. The molecule has 0 saturated heterocycles. The second-order valence-electron chi connectivity index (χ2n) is 4.38. The molecule has 1 amide bonds. The van der Waals surface area contributed by atoms with Crippen LogP contribution in [-0.4, -0.2) is 38.4 Å². The molecule has 0 radical (unpaired) electrons. The predicted octanol–water partition coefficient (Wildman–Crippen LogP) is 0.387. The van der Waals surface area contributed by atoms with Gasteiger partial charge in [-0.3, -0.25) is 9.48 Å². The van der Waals surface area contributed by atoms with E-state index in [1.165, 1.54) is 0 Å². The van der Waals surface area contributed by atoms with Gasteiger partial charge in [-0.1, -0.05) is 0 Å². The Kier molecular flexibility index (Phi) is 3.29. The van der Waals surface area contributed by atoms with Gasteiger partial charge >= 0.3 is 0 Å². The zero-order valence-electron chi connectivity index (χ0n) is 10.6. The van der Waals surface area contributed by atoms with Gasteiger partial charge in [0.15, 0.2) is 5.65 Å². The maximum absolute atomic E-state index is 12.0. The quantitative estimate of drug-likeness (QED) is 0.823. The van der Waals surface area contributed by atoms with Crippen molar-refractivity contribution in [1.29, 1.82) is 0 Å². The van der Waals surface area contributed by atoms with Crippen LogP contribution >= 0.6 is 0 Å². The molecule has 2 N–H and O–H groups in total. The zero-order valence-corrected chi connectivity index (χ0v) is 10.6. The van der Waals surface area contributed by atoms with Gasteiger partial charge in [0.1, 0.15) is 0 Å². The van der Waals surface area contributed by atoms with Crippen molar-refractivity contribution in [3.05, 3.63) is 23.5 Å². The standard InChI is InChI=1S/C12H16N4O2/c1-7-4-9(12(18)13-5-8(2)17)10-6-14-16(3)11(10)15-7/h4,6,8,17H,5H2,1-3H3,(H,13,18). The number of hydrogen-bond acceptors (Lipinski definition) is 4. The Bertz CT molecular complexity index is 589. The molecule has 6 nitrogen and oxygen atoms in total. The molecule has 0 fully saturated rings. The lowest BCUT2D eigenvalue weighted by Crippen LogP contribution is -2.30. The first-order valence-electron chi connectivity index (χ1n) is 5.74. The number of aromatic nitrogens is 3. The first-order chi connectivity index (χ1) is 8.49. The van der Waals surface area contributed by atoms with Gasteiger partial charge in [-0.05, 0) is 19.9 Å². The molecule has 6 heteroatoms. The van der Waals surface area contributed by atoms with E-state index in [-0.39, 0.29) is 12.5 Å². The lowest BCUT2D eigenvalue weighted by atomic mass is 10.1. The van der Waals surface area contributed by atoms with Gasteiger partial charge in [0, 0.05) is 19.3 Å². The van der Waals surface area contributed by atoms with E-state index in [1.54, 1.807) is 30.9 Å². The highest BCUT2D eigenvalue weighted by atomic mass is 16.3. The van der Waals surface area contributed by atoms with E-state index < -0.39 is 6.10 Å². The number of rotatable bonds is 3. The summed E-state index contributed by atoms with van der Waals surface area (Å²) in [5.41, 5.74) is 1.97. The van der Waals surface area contributed by atoms with Gasteiger partial charge < -0.3 is 10.4 Å². The van der Waals surface area contributed by atoms with Crippen LogP contribution in [0.25, 0.3) is 11.0 Å². The van der Waals surface area contributed by atoms with Gasteiger partial charge in [0.2, 0.25) is 0 Å². The van der Waals surface area contributed by atoms with Crippen molar-refractivity contribution in [1.82, 2.24) is 20.1 Å². The molecule has 0 spiro atoms. The van der Waals surface area contributed by atoms with Crippen molar-refractivity contribution in [3.63, 3.8) is 0 Å². The molecule has 2 rings (SSSR count). The van der Waals surface area contributed by atoms with Crippen molar-refractivity contribution in [2.45, 2.75) is 20.0 Å². The zero-order chi connectivity index (χ0) is 13.3. The number of carbonyl (C=O) groups is 1. The topological polar surface area (TPSA) is 80.0 Å². The van der Waals surface area contributed by atoms with Crippen molar-refractivity contribution in [3.8, 4) is 0 Å². The van der Waals surface area contributed by atoms with E-state index in [2.05, 4.69) is 15.4 Å². The third kappa shape index (κ3) is 2.33. The Morgan fingerprint density at radius 3 is 3.00 bits per heavy atom. The van der Waals surface area contributed by atoms with E-state index in [0.717, 1.165) is 5.69 Å². The van der Waals surface area contributed by atoms with Gasteiger partial charge in [-0.15, -0.1) is 0 Å². The fourth-order valence-electron chi connectivity index (χ4n) is 1.76. The molecule has 0 aliphatic heterocycles. The summed E-state index contributed by atoms with van der Waals surface area (Å²) in [4.78, 5) is 16.4. The first-order valence-corrected chi connectivity index (χ1v) is 5.74. The van der Waals surface area contributed by atoms with Gasteiger partial charge in [0.25, 0.3) is 5.91 Å². The van der Waals surface area contributed by atoms with E-state index in [1.807, 2.05) is 6.92 Å². The summed E-state index contributed by atoms with van der Waals surface area (Å²) in [6.45, 7) is 3.68. The summed E-state index contributed by atoms with van der Waals surface area (Å²) in [5, 5.41) is 16.7. The van der Waals surface area contributed by atoms with Crippen molar-refractivity contribution >= 4 is 16.9 Å². The number of carbonyl (C=O) groups excluding carboxylic acids is 1. The summed E-state index contributed by atoms with van der Waals surface area (Å²) in [7, 11) is 1.78. The van der Waals surface area contributed by atoms with Crippen LogP contribution in [0.3, 0.4) is 0 Å². The predicted molar refractivity (Wildman–Crippen MR) is 67.3 cm³/mol. The van der Waals surface area contributed by atoms with Crippen LogP contribution in [0.4, 0.5) is 0 Å². The third-order valence-corrected chi connectivity index (χ3v) is 2.64. The molecule has 0 aliphatic carbocycles. The van der Waals surface area contributed by atoms with Gasteiger partial charge in [-0.2, -0.15) is 5.10 Å². The van der Waals surface area contributed by atoms with E-state index in [0.29, 0.717) is 16.6 Å². The molecule has 0 bridgehead atoms. The largest absolute Gasteiger partial charge is 0.392 e. The Balaban J connectivity index is 2.40. The Morgan fingerprint density at radius 2 is 2.33 bits per heavy atom. The molecule has 96 valence electrons. The number of hydrogen-bond donors (Lipinski definition) is 2. The molecular weight excluding hydrogens is 232 g/mol. The van der Waals surface area contributed by atoms with Crippen LogP contribution in [0.1, 0.15) is 23.0 Å².